The van der Waals surface area contributed by atoms with E-state index in [4.69, 9.17) is 9.84 Å². The van der Waals surface area contributed by atoms with E-state index in [2.05, 4.69) is 5.32 Å². The van der Waals surface area contributed by atoms with Gasteiger partial charge in [0.15, 0.2) is 0 Å². The van der Waals surface area contributed by atoms with Crippen LogP contribution in [-0.4, -0.2) is 53.2 Å². The number of carboxylic acids is 1. The molecule has 1 heterocycles. The highest BCUT2D eigenvalue weighted by atomic mass is 16.5. The van der Waals surface area contributed by atoms with Gasteiger partial charge in [0.2, 0.25) is 0 Å². The second-order valence-corrected chi connectivity index (χ2v) is 5.21. The van der Waals surface area contributed by atoms with E-state index in [0.29, 0.717) is 13.0 Å². The smallest absolute Gasteiger partial charge is 0.328 e. The first kappa shape index (κ1) is 14.6. The van der Waals surface area contributed by atoms with Crippen LogP contribution in [0.5, 0.6) is 0 Å². The lowest BCUT2D eigenvalue weighted by Gasteiger charge is -2.25. The molecular formula is C13H20N2O5. The van der Waals surface area contributed by atoms with Crippen molar-refractivity contribution in [3.63, 3.8) is 0 Å². The van der Waals surface area contributed by atoms with Crippen molar-refractivity contribution in [2.75, 3.05) is 13.2 Å². The summed E-state index contributed by atoms with van der Waals surface area (Å²) < 4.78 is 4.94. The topological polar surface area (TPSA) is 95.9 Å². The summed E-state index contributed by atoms with van der Waals surface area (Å²) in [6.07, 6.45) is 2.92. The van der Waals surface area contributed by atoms with Crippen LogP contribution in [0.4, 0.5) is 4.79 Å². The molecule has 0 aromatic carbocycles. The lowest BCUT2D eigenvalue weighted by Crippen LogP contribution is -2.52. The predicted molar refractivity (Wildman–Crippen MR) is 69.0 cm³/mol. The Morgan fingerprint density at radius 3 is 2.60 bits per heavy atom. The van der Waals surface area contributed by atoms with Crippen molar-refractivity contribution in [2.24, 2.45) is 5.92 Å². The number of ether oxygens (including phenoxy) is 1. The van der Waals surface area contributed by atoms with Gasteiger partial charge >= 0.3 is 18.0 Å². The van der Waals surface area contributed by atoms with Gasteiger partial charge in [-0.2, -0.15) is 0 Å². The predicted octanol–water partition coefficient (Wildman–Crippen LogP) is 0.587. The zero-order valence-electron chi connectivity index (χ0n) is 11.5. The van der Waals surface area contributed by atoms with Crippen LogP contribution in [0.15, 0.2) is 0 Å². The van der Waals surface area contributed by atoms with Crippen molar-refractivity contribution in [3.05, 3.63) is 0 Å². The monoisotopic (exact) mass is 284 g/mol. The van der Waals surface area contributed by atoms with Crippen LogP contribution in [-0.2, 0) is 14.3 Å². The number of esters is 1. The molecule has 2 aliphatic rings. The Morgan fingerprint density at radius 1 is 1.35 bits per heavy atom. The molecule has 0 bridgehead atoms. The van der Waals surface area contributed by atoms with Gasteiger partial charge in [0.05, 0.1) is 6.61 Å². The molecule has 2 N–H and O–H groups in total. The number of carbonyl (C=O) groups is 3. The summed E-state index contributed by atoms with van der Waals surface area (Å²) in [5.74, 6) is -1.42. The highest BCUT2D eigenvalue weighted by Crippen LogP contribution is 2.33. The van der Waals surface area contributed by atoms with Crippen LogP contribution in [0, 0.1) is 5.92 Å². The summed E-state index contributed by atoms with van der Waals surface area (Å²) in [6, 6.07) is -1.94. The summed E-state index contributed by atoms with van der Waals surface area (Å²) in [4.78, 5) is 36.4. The summed E-state index contributed by atoms with van der Waals surface area (Å²) >= 11 is 0. The molecule has 0 aromatic heterocycles. The van der Waals surface area contributed by atoms with Crippen molar-refractivity contribution in [2.45, 2.75) is 44.7 Å². The highest BCUT2D eigenvalue weighted by molar-refractivity contribution is 5.87. The molecule has 1 saturated heterocycles. The summed E-state index contributed by atoms with van der Waals surface area (Å²) in [5.41, 5.74) is 0. The maximum absolute atomic E-state index is 12.2. The maximum atomic E-state index is 12.2. The van der Waals surface area contributed by atoms with Crippen LogP contribution in [0.3, 0.4) is 0 Å². The Kier molecular flexibility index (Phi) is 4.46. The van der Waals surface area contributed by atoms with Crippen LogP contribution in [0.1, 0.15) is 32.6 Å². The average Bonchev–Trinajstić information content (AvgIpc) is 3.10. The lowest BCUT2D eigenvalue weighted by atomic mass is 10.2. The van der Waals surface area contributed by atoms with E-state index in [0.717, 1.165) is 19.3 Å². The molecule has 2 rings (SSSR count). The zero-order valence-corrected chi connectivity index (χ0v) is 11.5. The average molecular weight is 284 g/mol. The minimum atomic E-state index is -1.02. The fourth-order valence-corrected chi connectivity index (χ4v) is 2.52. The fraction of sp³-hybridized carbons (Fsp3) is 0.769. The van der Waals surface area contributed by atoms with Gasteiger partial charge in [0, 0.05) is 6.54 Å². The first-order valence-electron chi connectivity index (χ1n) is 7.01. The Bertz CT molecular complexity index is 408. The molecule has 1 saturated carbocycles. The van der Waals surface area contributed by atoms with Gasteiger partial charge in [-0.1, -0.05) is 0 Å². The Labute approximate surface area is 117 Å². The molecule has 0 aromatic rings. The number of amides is 2. The van der Waals surface area contributed by atoms with Crippen molar-refractivity contribution in [1.82, 2.24) is 10.2 Å². The molecule has 1 aliphatic heterocycles. The number of nitrogens with one attached hydrogen (secondary N) is 1. The molecule has 0 radical (unpaired) electrons. The number of hydrogen-bond donors (Lipinski definition) is 2. The van der Waals surface area contributed by atoms with Crippen LogP contribution in [0.25, 0.3) is 0 Å². The maximum Gasteiger partial charge on any atom is 0.328 e. The number of hydrogen-bond acceptors (Lipinski definition) is 4. The third-order valence-corrected chi connectivity index (χ3v) is 3.71. The number of urea groups is 1. The molecule has 2 atom stereocenters. The standard InChI is InChI=1S/C13H20N2O5/c1-2-20-12(18)9-4-3-7-15(9)13(19)14-10(11(16)17)8-5-6-8/h8-10H,2-7H2,1H3,(H,14,19)(H,16,17). The minimum Gasteiger partial charge on any atom is -0.480 e. The number of carboxylic acid groups (broad SMARTS) is 1. The molecule has 1 aliphatic carbocycles. The van der Waals surface area contributed by atoms with Gasteiger partial charge in [-0.15, -0.1) is 0 Å². The molecule has 7 nitrogen and oxygen atoms in total. The molecule has 0 spiro atoms. The van der Waals surface area contributed by atoms with E-state index in [1.165, 1.54) is 4.90 Å². The number of likely N-dealkylation sites (tertiary alicyclic amines) is 1. The van der Waals surface area contributed by atoms with Gasteiger partial charge in [0.25, 0.3) is 0 Å². The number of carbonyl (C=O) groups excluding carboxylic acids is 2. The number of nitrogens with zero attached hydrogens (tertiary/aromatic N) is 1. The van der Waals surface area contributed by atoms with Crippen molar-refractivity contribution < 1.29 is 24.2 Å². The molecule has 112 valence electrons. The normalized spacial score (nSPS) is 23.2. The number of aliphatic carboxylic acids is 1. The number of rotatable bonds is 5. The van der Waals surface area contributed by atoms with Gasteiger partial charge in [0.1, 0.15) is 12.1 Å². The van der Waals surface area contributed by atoms with Gasteiger partial charge in [-0.3, -0.25) is 0 Å². The first-order chi connectivity index (χ1) is 9.54. The zero-order chi connectivity index (χ0) is 14.7. The second kappa shape index (κ2) is 6.11. The second-order valence-electron chi connectivity index (χ2n) is 5.21. The summed E-state index contributed by atoms with van der Waals surface area (Å²) in [6.45, 7) is 2.43. The molecule has 2 fully saturated rings. The van der Waals surface area contributed by atoms with Crippen LogP contribution < -0.4 is 5.32 Å². The first-order valence-corrected chi connectivity index (χ1v) is 7.01. The van der Waals surface area contributed by atoms with Crippen molar-refractivity contribution in [3.8, 4) is 0 Å². The Morgan fingerprint density at radius 2 is 2.05 bits per heavy atom. The van der Waals surface area contributed by atoms with Crippen LogP contribution >= 0.6 is 0 Å². The van der Waals surface area contributed by atoms with Crippen molar-refractivity contribution in [1.29, 1.82) is 0 Å². The Balaban J connectivity index is 1.96. The van der Waals surface area contributed by atoms with E-state index >= 15 is 0 Å². The van der Waals surface area contributed by atoms with E-state index in [1.807, 2.05) is 0 Å². The fourth-order valence-electron chi connectivity index (χ4n) is 2.52. The summed E-state index contributed by atoms with van der Waals surface area (Å²) in [7, 11) is 0. The molecule has 2 amide bonds. The van der Waals surface area contributed by atoms with E-state index in [1.54, 1.807) is 6.92 Å². The summed E-state index contributed by atoms with van der Waals surface area (Å²) in [5, 5.41) is 11.6. The molecule has 2 unspecified atom stereocenters. The van der Waals surface area contributed by atoms with E-state index in [-0.39, 0.29) is 12.5 Å². The van der Waals surface area contributed by atoms with Crippen LogP contribution in [0.2, 0.25) is 0 Å². The van der Waals surface area contributed by atoms with Crippen molar-refractivity contribution >= 4 is 18.0 Å². The quantitative estimate of drug-likeness (QED) is 0.720. The molecular weight excluding hydrogens is 264 g/mol. The third kappa shape index (κ3) is 3.20. The van der Waals surface area contributed by atoms with E-state index in [9.17, 15) is 14.4 Å². The molecule has 20 heavy (non-hydrogen) atoms. The van der Waals surface area contributed by atoms with Gasteiger partial charge < -0.3 is 20.1 Å². The lowest BCUT2D eigenvalue weighted by molar-refractivity contribution is -0.147. The van der Waals surface area contributed by atoms with Gasteiger partial charge in [-0.05, 0) is 38.5 Å². The van der Waals surface area contributed by atoms with Gasteiger partial charge in [-0.25, -0.2) is 14.4 Å². The minimum absolute atomic E-state index is 0.0140. The molecule has 7 heteroatoms. The SMILES string of the molecule is CCOC(=O)C1CCCN1C(=O)NC(C(=O)O)C1CC1. The Hall–Kier alpha value is -1.79. The third-order valence-electron chi connectivity index (χ3n) is 3.71. The van der Waals surface area contributed by atoms with E-state index < -0.39 is 30.1 Å². The largest absolute Gasteiger partial charge is 0.480 e. The highest BCUT2D eigenvalue weighted by Gasteiger charge is 2.41.